The van der Waals surface area contributed by atoms with Crippen LogP contribution in [0.2, 0.25) is 0 Å². The first-order valence-electron chi connectivity index (χ1n) is 8.29. The summed E-state index contributed by atoms with van der Waals surface area (Å²) in [6.07, 6.45) is 8.92. The van der Waals surface area contributed by atoms with E-state index < -0.39 is 0 Å². The molecule has 2 amide bonds. The molecule has 0 aliphatic carbocycles. The number of amides is 2. The molecule has 2 aromatic rings. The first kappa shape index (κ1) is 16.3. The summed E-state index contributed by atoms with van der Waals surface area (Å²) >= 11 is 0. The normalized spacial score (nSPS) is 17.0. The molecule has 0 saturated carbocycles. The smallest absolute Gasteiger partial charge is 0.317 e. The van der Waals surface area contributed by atoms with Gasteiger partial charge in [-0.3, -0.25) is 4.98 Å². The van der Waals surface area contributed by atoms with Gasteiger partial charge in [-0.25, -0.2) is 9.78 Å². The number of hydrogen-bond donors (Lipinski definition) is 1. The van der Waals surface area contributed by atoms with Crippen molar-refractivity contribution in [3.63, 3.8) is 0 Å². The molecule has 0 spiro atoms. The van der Waals surface area contributed by atoms with Crippen LogP contribution in [0.4, 0.5) is 4.79 Å². The predicted octanol–water partition coefficient (Wildman–Crippen LogP) is 1.84. The fraction of sp³-hybridized carbons (Fsp3) is 0.471. The highest BCUT2D eigenvalue weighted by Gasteiger charge is 2.27. The standard InChI is InChI=1S/C17H23N5O2/c1-14-19-8-11-21(14)9-3-7-20-17(23)22-10-5-16(13-22)24-15-4-2-6-18-12-15/h2,4,6,8,11-12,16H,3,5,7,9-10,13H2,1H3,(H,20,23)/t16-/m1/s1. The molecule has 1 aliphatic heterocycles. The number of imidazole rings is 1. The van der Waals surface area contributed by atoms with Gasteiger partial charge in [-0.05, 0) is 25.5 Å². The monoisotopic (exact) mass is 329 g/mol. The summed E-state index contributed by atoms with van der Waals surface area (Å²) in [4.78, 5) is 22.2. The topological polar surface area (TPSA) is 72.3 Å². The zero-order valence-corrected chi connectivity index (χ0v) is 13.9. The van der Waals surface area contributed by atoms with E-state index in [2.05, 4.69) is 19.9 Å². The van der Waals surface area contributed by atoms with Crippen LogP contribution in [0.25, 0.3) is 0 Å². The number of likely N-dealkylation sites (tertiary alicyclic amines) is 1. The van der Waals surface area contributed by atoms with Crippen molar-refractivity contribution >= 4 is 6.03 Å². The van der Waals surface area contributed by atoms with Crippen molar-refractivity contribution in [3.05, 3.63) is 42.7 Å². The van der Waals surface area contributed by atoms with Crippen LogP contribution < -0.4 is 10.1 Å². The third kappa shape index (κ3) is 4.24. The number of nitrogens with zero attached hydrogens (tertiary/aromatic N) is 4. The maximum absolute atomic E-state index is 12.2. The van der Waals surface area contributed by atoms with Gasteiger partial charge in [0.2, 0.25) is 0 Å². The van der Waals surface area contributed by atoms with Gasteiger partial charge in [-0.1, -0.05) is 0 Å². The summed E-state index contributed by atoms with van der Waals surface area (Å²) in [6.45, 7) is 4.82. The van der Waals surface area contributed by atoms with Crippen LogP contribution in [0.3, 0.4) is 0 Å². The van der Waals surface area contributed by atoms with Crippen molar-refractivity contribution in [2.24, 2.45) is 0 Å². The van der Waals surface area contributed by atoms with E-state index in [1.54, 1.807) is 18.6 Å². The minimum atomic E-state index is -0.0189. The molecule has 3 heterocycles. The molecule has 1 atom stereocenters. The molecule has 7 nitrogen and oxygen atoms in total. The lowest BCUT2D eigenvalue weighted by Gasteiger charge is -2.18. The molecule has 0 bridgehead atoms. The zero-order valence-electron chi connectivity index (χ0n) is 13.9. The molecule has 128 valence electrons. The van der Waals surface area contributed by atoms with E-state index in [4.69, 9.17) is 4.74 Å². The molecule has 0 unspecified atom stereocenters. The molecule has 1 aliphatic rings. The van der Waals surface area contributed by atoms with Gasteiger partial charge in [-0.15, -0.1) is 0 Å². The molecule has 24 heavy (non-hydrogen) atoms. The minimum Gasteiger partial charge on any atom is -0.487 e. The summed E-state index contributed by atoms with van der Waals surface area (Å²) in [6, 6.07) is 3.71. The Kier molecular flexibility index (Phi) is 5.30. The molecule has 0 radical (unpaired) electrons. The van der Waals surface area contributed by atoms with Crippen LogP contribution in [0.15, 0.2) is 36.9 Å². The fourth-order valence-electron chi connectivity index (χ4n) is 2.81. The molecular formula is C17H23N5O2. The van der Waals surface area contributed by atoms with E-state index >= 15 is 0 Å². The Morgan fingerprint density at radius 3 is 3.12 bits per heavy atom. The average molecular weight is 329 g/mol. The number of rotatable bonds is 6. The fourth-order valence-corrected chi connectivity index (χ4v) is 2.81. The minimum absolute atomic E-state index is 0.0189. The molecular weight excluding hydrogens is 306 g/mol. The predicted molar refractivity (Wildman–Crippen MR) is 89.8 cm³/mol. The zero-order chi connectivity index (χ0) is 16.8. The average Bonchev–Trinajstić information content (AvgIpc) is 3.22. The van der Waals surface area contributed by atoms with E-state index in [0.717, 1.165) is 37.5 Å². The quantitative estimate of drug-likeness (QED) is 0.821. The Labute approximate surface area is 141 Å². The van der Waals surface area contributed by atoms with Crippen molar-refractivity contribution in [2.45, 2.75) is 32.4 Å². The Morgan fingerprint density at radius 2 is 2.38 bits per heavy atom. The Balaban J connectivity index is 1.36. The number of aromatic nitrogens is 3. The SMILES string of the molecule is Cc1nccn1CCCNC(=O)N1CC[C@@H](Oc2cccnc2)C1. The number of pyridine rings is 1. The Bertz CT molecular complexity index is 658. The van der Waals surface area contributed by atoms with Crippen LogP contribution in [-0.4, -0.2) is 51.2 Å². The third-order valence-electron chi connectivity index (χ3n) is 4.15. The number of hydrogen-bond acceptors (Lipinski definition) is 4. The van der Waals surface area contributed by atoms with Crippen molar-refractivity contribution in [3.8, 4) is 5.75 Å². The van der Waals surface area contributed by atoms with Gasteiger partial charge in [-0.2, -0.15) is 0 Å². The lowest BCUT2D eigenvalue weighted by atomic mass is 10.3. The number of carbonyl (C=O) groups is 1. The third-order valence-corrected chi connectivity index (χ3v) is 4.15. The van der Waals surface area contributed by atoms with Gasteiger partial charge < -0.3 is 19.5 Å². The summed E-state index contributed by atoms with van der Waals surface area (Å²) in [5.41, 5.74) is 0. The second kappa shape index (κ2) is 7.81. The van der Waals surface area contributed by atoms with Gasteiger partial charge in [0.1, 0.15) is 17.7 Å². The molecule has 7 heteroatoms. The van der Waals surface area contributed by atoms with Crippen LogP contribution in [0.1, 0.15) is 18.7 Å². The molecule has 1 saturated heterocycles. The Morgan fingerprint density at radius 1 is 1.46 bits per heavy atom. The van der Waals surface area contributed by atoms with Gasteiger partial charge >= 0.3 is 6.03 Å². The van der Waals surface area contributed by atoms with Crippen LogP contribution in [0.5, 0.6) is 5.75 Å². The van der Waals surface area contributed by atoms with E-state index in [1.807, 2.05) is 30.2 Å². The summed E-state index contributed by atoms with van der Waals surface area (Å²) < 4.78 is 7.93. The lowest BCUT2D eigenvalue weighted by molar-refractivity contribution is 0.186. The number of ether oxygens (including phenoxy) is 1. The second-order valence-corrected chi connectivity index (χ2v) is 5.92. The highest BCUT2D eigenvalue weighted by atomic mass is 16.5. The summed E-state index contributed by atoms with van der Waals surface area (Å²) in [5.74, 6) is 1.75. The maximum atomic E-state index is 12.2. The van der Waals surface area contributed by atoms with E-state index in [-0.39, 0.29) is 12.1 Å². The number of carbonyl (C=O) groups excluding carboxylic acids is 1. The largest absolute Gasteiger partial charge is 0.487 e. The highest BCUT2D eigenvalue weighted by Crippen LogP contribution is 2.17. The van der Waals surface area contributed by atoms with Crippen LogP contribution in [-0.2, 0) is 6.54 Å². The van der Waals surface area contributed by atoms with E-state index in [0.29, 0.717) is 13.1 Å². The van der Waals surface area contributed by atoms with Gasteiger partial charge in [0.15, 0.2) is 0 Å². The van der Waals surface area contributed by atoms with Gasteiger partial charge in [0.05, 0.1) is 12.7 Å². The number of aryl methyl sites for hydroxylation is 2. The number of urea groups is 1. The van der Waals surface area contributed by atoms with Crippen molar-refractivity contribution < 1.29 is 9.53 Å². The van der Waals surface area contributed by atoms with Crippen LogP contribution >= 0.6 is 0 Å². The summed E-state index contributed by atoms with van der Waals surface area (Å²) in [7, 11) is 0. The molecule has 1 N–H and O–H groups in total. The molecule has 1 fully saturated rings. The van der Waals surface area contributed by atoms with Gasteiger partial charge in [0, 0.05) is 44.6 Å². The van der Waals surface area contributed by atoms with Crippen molar-refractivity contribution in [1.29, 1.82) is 0 Å². The molecule has 3 rings (SSSR count). The van der Waals surface area contributed by atoms with Crippen molar-refractivity contribution in [2.75, 3.05) is 19.6 Å². The van der Waals surface area contributed by atoms with E-state index in [1.165, 1.54) is 0 Å². The van der Waals surface area contributed by atoms with Crippen LogP contribution in [0, 0.1) is 6.92 Å². The maximum Gasteiger partial charge on any atom is 0.317 e. The summed E-state index contributed by atoms with van der Waals surface area (Å²) in [5, 5.41) is 2.98. The van der Waals surface area contributed by atoms with Gasteiger partial charge in [0.25, 0.3) is 0 Å². The molecule has 0 aromatic carbocycles. The highest BCUT2D eigenvalue weighted by molar-refractivity contribution is 5.74. The first-order chi connectivity index (χ1) is 11.7. The first-order valence-corrected chi connectivity index (χ1v) is 8.29. The number of nitrogens with one attached hydrogen (secondary N) is 1. The van der Waals surface area contributed by atoms with Crippen molar-refractivity contribution in [1.82, 2.24) is 24.8 Å². The Hall–Kier alpha value is -2.57. The second-order valence-electron chi connectivity index (χ2n) is 5.92. The lowest BCUT2D eigenvalue weighted by Crippen LogP contribution is -2.40. The van der Waals surface area contributed by atoms with E-state index in [9.17, 15) is 4.79 Å². The molecule has 2 aromatic heterocycles.